The van der Waals surface area contributed by atoms with Crippen LogP contribution < -0.4 is 0 Å². The van der Waals surface area contributed by atoms with Gasteiger partial charge in [0.2, 0.25) is 0 Å². The number of rotatable bonds is 2. The summed E-state index contributed by atoms with van der Waals surface area (Å²) in [5, 5.41) is 0. The monoisotopic (exact) mass is 94.1 g/mol. The summed E-state index contributed by atoms with van der Waals surface area (Å²) < 4.78 is 0. The van der Waals surface area contributed by atoms with E-state index in [-0.39, 0.29) is 0 Å². The summed E-state index contributed by atoms with van der Waals surface area (Å²) in [6.45, 7) is 5.49. The Morgan fingerprint density at radius 1 is 1.14 bits per heavy atom. The van der Waals surface area contributed by atoms with Gasteiger partial charge in [-0.1, -0.05) is 37.0 Å². The molecule has 0 bridgehead atoms. The van der Waals surface area contributed by atoms with Gasteiger partial charge >= 0.3 is 0 Å². The minimum Gasteiger partial charge on any atom is -0.0991 e. The first-order chi connectivity index (χ1) is 3.41. The van der Waals surface area contributed by atoms with Crippen molar-refractivity contribution in [2.45, 2.75) is 6.92 Å². The summed E-state index contributed by atoms with van der Waals surface area (Å²) in [6, 6.07) is 0. The summed E-state index contributed by atoms with van der Waals surface area (Å²) in [5.41, 5.74) is 0. The van der Waals surface area contributed by atoms with Crippen LogP contribution in [-0.4, -0.2) is 0 Å². The standard InChI is InChI=1S/C7H10/c1-3-5-7-6-4-2/h3-7H,1H2,2H3/b6-4+,7-5-. The van der Waals surface area contributed by atoms with E-state index in [1.165, 1.54) is 0 Å². The van der Waals surface area contributed by atoms with E-state index in [4.69, 9.17) is 0 Å². The zero-order chi connectivity index (χ0) is 5.54. The van der Waals surface area contributed by atoms with E-state index in [1.54, 1.807) is 6.08 Å². The van der Waals surface area contributed by atoms with Gasteiger partial charge in [-0.2, -0.15) is 0 Å². The molecule has 0 aliphatic rings. The lowest BCUT2D eigenvalue weighted by molar-refractivity contribution is 1.73. The van der Waals surface area contributed by atoms with E-state index in [0.717, 1.165) is 0 Å². The maximum atomic E-state index is 3.51. The fourth-order valence-electron chi connectivity index (χ4n) is 0.254. The van der Waals surface area contributed by atoms with Crippen molar-refractivity contribution < 1.29 is 0 Å². The minimum atomic E-state index is 1.75. The number of hydrogen-bond acceptors (Lipinski definition) is 0. The quantitative estimate of drug-likeness (QED) is 0.460. The molecule has 0 aliphatic heterocycles. The van der Waals surface area contributed by atoms with E-state index in [2.05, 4.69) is 6.58 Å². The fourth-order valence-corrected chi connectivity index (χ4v) is 0.254. The molecule has 0 aliphatic carbocycles. The van der Waals surface area contributed by atoms with Crippen molar-refractivity contribution in [3.05, 3.63) is 37.0 Å². The summed E-state index contributed by atoms with van der Waals surface area (Å²) in [7, 11) is 0. The van der Waals surface area contributed by atoms with Crippen LogP contribution in [0.4, 0.5) is 0 Å². The van der Waals surface area contributed by atoms with Gasteiger partial charge in [-0.25, -0.2) is 0 Å². The summed E-state index contributed by atoms with van der Waals surface area (Å²) in [5.74, 6) is 0. The molecule has 0 rings (SSSR count). The lowest BCUT2D eigenvalue weighted by Crippen LogP contribution is -1.43. The maximum absolute atomic E-state index is 3.51. The molecule has 0 aromatic heterocycles. The molecule has 0 nitrogen and oxygen atoms in total. The molecule has 0 aromatic rings. The molecule has 0 atom stereocenters. The normalized spacial score (nSPS) is 11.0. The van der Waals surface area contributed by atoms with Crippen LogP contribution in [0.1, 0.15) is 6.92 Å². The van der Waals surface area contributed by atoms with Gasteiger partial charge in [0, 0.05) is 0 Å². The predicted octanol–water partition coefficient (Wildman–Crippen LogP) is 2.30. The molecule has 0 amide bonds. The Morgan fingerprint density at radius 3 is 2.29 bits per heavy atom. The van der Waals surface area contributed by atoms with Gasteiger partial charge < -0.3 is 0 Å². The minimum absolute atomic E-state index is 1.75. The van der Waals surface area contributed by atoms with Gasteiger partial charge in [0.1, 0.15) is 0 Å². The van der Waals surface area contributed by atoms with Crippen LogP contribution in [0.2, 0.25) is 0 Å². The zero-order valence-electron chi connectivity index (χ0n) is 4.59. The smallest absolute Gasteiger partial charge is 0.0467 e. The van der Waals surface area contributed by atoms with Crippen molar-refractivity contribution in [3.63, 3.8) is 0 Å². The van der Waals surface area contributed by atoms with Crippen LogP contribution in [0.5, 0.6) is 0 Å². The van der Waals surface area contributed by atoms with Crippen LogP contribution in [0.15, 0.2) is 37.0 Å². The molecule has 0 N–H and O–H groups in total. The highest BCUT2D eigenvalue weighted by atomic mass is 13.6. The van der Waals surface area contributed by atoms with Gasteiger partial charge in [-0.3, -0.25) is 0 Å². The molecule has 0 fully saturated rings. The maximum Gasteiger partial charge on any atom is -0.0467 e. The Labute approximate surface area is 44.9 Å². The van der Waals surface area contributed by atoms with E-state index < -0.39 is 0 Å². The van der Waals surface area contributed by atoms with Crippen LogP contribution in [0.3, 0.4) is 0 Å². The van der Waals surface area contributed by atoms with Crippen LogP contribution >= 0.6 is 0 Å². The predicted molar refractivity (Wildman–Crippen MR) is 34.2 cm³/mol. The Bertz CT molecular complexity index is 86.2. The SMILES string of the molecule is C=C/C=C\C=C\C. The van der Waals surface area contributed by atoms with Gasteiger partial charge in [-0.15, -0.1) is 0 Å². The van der Waals surface area contributed by atoms with E-state index in [1.807, 2.05) is 31.2 Å². The first kappa shape index (κ1) is 6.22. The van der Waals surface area contributed by atoms with Gasteiger partial charge in [0.05, 0.1) is 0 Å². The van der Waals surface area contributed by atoms with Crippen LogP contribution in [-0.2, 0) is 0 Å². The molecule has 0 radical (unpaired) electrons. The van der Waals surface area contributed by atoms with Crippen molar-refractivity contribution in [2.24, 2.45) is 0 Å². The van der Waals surface area contributed by atoms with Crippen LogP contribution in [0, 0.1) is 0 Å². The third kappa shape index (κ3) is 5.22. The molecule has 0 unspecified atom stereocenters. The molecule has 0 saturated heterocycles. The van der Waals surface area contributed by atoms with E-state index in [9.17, 15) is 0 Å². The lowest BCUT2D eigenvalue weighted by Gasteiger charge is -1.65. The molecule has 7 heavy (non-hydrogen) atoms. The number of allylic oxidation sites excluding steroid dienone is 5. The molecule has 38 valence electrons. The van der Waals surface area contributed by atoms with Gasteiger partial charge in [-0.05, 0) is 6.92 Å². The summed E-state index contributed by atoms with van der Waals surface area (Å²) in [4.78, 5) is 0. The average molecular weight is 94.2 g/mol. The summed E-state index contributed by atoms with van der Waals surface area (Å²) >= 11 is 0. The highest BCUT2D eigenvalue weighted by Crippen LogP contribution is 1.74. The highest BCUT2D eigenvalue weighted by molar-refractivity contribution is 5.07. The molecule has 0 heterocycles. The van der Waals surface area contributed by atoms with Crippen molar-refractivity contribution in [2.75, 3.05) is 0 Å². The van der Waals surface area contributed by atoms with Gasteiger partial charge in [0.25, 0.3) is 0 Å². The fraction of sp³-hybridized carbons (Fsp3) is 0.143. The first-order valence-electron chi connectivity index (χ1n) is 2.32. The molecule has 0 spiro atoms. The third-order valence-electron chi connectivity index (χ3n) is 0.551. The van der Waals surface area contributed by atoms with Crippen LogP contribution in [0.25, 0.3) is 0 Å². The zero-order valence-corrected chi connectivity index (χ0v) is 4.59. The second-order valence-electron chi connectivity index (χ2n) is 1.15. The van der Waals surface area contributed by atoms with Crippen molar-refractivity contribution in [3.8, 4) is 0 Å². The second kappa shape index (κ2) is 5.22. The molecular weight excluding hydrogens is 84.1 g/mol. The number of hydrogen-bond donors (Lipinski definition) is 0. The van der Waals surface area contributed by atoms with Crippen molar-refractivity contribution >= 4 is 0 Å². The Balaban J connectivity index is 3.27. The topological polar surface area (TPSA) is 0 Å². The Kier molecular flexibility index (Phi) is 4.64. The average Bonchev–Trinajstić information content (AvgIpc) is 1.69. The molecule has 0 heteroatoms. The highest BCUT2D eigenvalue weighted by Gasteiger charge is 1.52. The van der Waals surface area contributed by atoms with Gasteiger partial charge in [0.15, 0.2) is 0 Å². The summed E-state index contributed by atoms with van der Waals surface area (Å²) in [6.07, 6.45) is 9.51. The lowest BCUT2D eigenvalue weighted by atomic mass is 10.4. The Morgan fingerprint density at radius 2 is 1.86 bits per heavy atom. The van der Waals surface area contributed by atoms with Crippen molar-refractivity contribution in [1.82, 2.24) is 0 Å². The third-order valence-corrected chi connectivity index (χ3v) is 0.551. The first-order valence-corrected chi connectivity index (χ1v) is 2.32. The van der Waals surface area contributed by atoms with Crippen molar-refractivity contribution in [1.29, 1.82) is 0 Å². The van der Waals surface area contributed by atoms with E-state index in [0.29, 0.717) is 0 Å². The molecular formula is C7H10. The second-order valence-corrected chi connectivity index (χ2v) is 1.15. The molecule has 0 saturated carbocycles. The molecule has 0 aromatic carbocycles. The largest absolute Gasteiger partial charge is 0.0991 e. The van der Waals surface area contributed by atoms with E-state index >= 15 is 0 Å². The Hall–Kier alpha value is -0.780.